The van der Waals surface area contributed by atoms with Gasteiger partial charge in [-0.1, -0.05) is 0 Å². The van der Waals surface area contributed by atoms with Crippen molar-refractivity contribution in [3.8, 4) is 5.82 Å². The Morgan fingerprint density at radius 3 is 2.72 bits per heavy atom. The fourth-order valence-electron chi connectivity index (χ4n) is 1.44. The van der Waals surface area contributed by atoms with Crippen LogP contribution in [0.4, 0.5) is 0 Å². The van der Waals surface area contributed by atoms with Gasteiger partial charge >= 0.3 is 0 Å². The second-order valence-corrected chi connectivity index (χ2v) is 6.03. The lowest BCUT2D eigenvalue weighted by atomic mass is 10.2. The van der Waals surface area contributed by atoms with Crippen molar-refractivity contribution in [3.05, 3.63) is 36.3 Å². The third-order valence-corrected chi connectivity index (χ3v) is 3.54. The molecule has 0 saturated carbocycles. The van der Waals surface area contributed by atoms with E-state index in [4.69, 9.17) is 0 Å². The van der Waals surface area contributed by atoms with Crippen molar-refractivity contribution >= 4 is 9.84 Å². The zero-order chi connectivity index (χ0) is 13.3. The average molecular weight is 267 g/mol. The largest absolute Gasteiger partial charge is 0.389 e. The Morgan fingerprint density at radius 2 is 2.17 bits per heavy atom. The summed E-state index contributed by atoms with van der Waals surface area (Å²) >= 11 is 0. The van der Waals surface area contributed by atoms with Gasteiger partial charge in [-0.2, -0.15) is 5.10 Å². The first-order chi connectivity index (χ1) is 8.38. The summed E-state index contributed by atoms with van der Waals surface area (Å²) in [5.41, 5.74) is 0.691. The number of pyridine rings is 1. The summed E-state index contributed by atoms with van der Waals surface area (Å²) < 4.78 is 24.0. The summed E-state index contributed by atoms with van der Waals surface area (Å²) in [5, 5.41) is 13.4. The molecule has 2 heterocycles. The molecule has 0 aliphatic rings. The molecule has 0 radical (unpaired) electrons. The molecular formula is C11H13N3O3S. The summed E-state index contributed by atoms with van der Waals surface area (Å²) in [6.07, 6.45) is 4.71. The van der Waals surface area contributed by atoms with Crippen LogP contribution in [-0.4, -0.2) is 34.5 Å². The third kappa shape index (κ3) is 2.57. The Balaban J connectivity index is 2.43. The molecule has 0 fully saturated rings. The molecule has 2 aromatic heterocycles. The molecule has 0 spiro atoms. The predicted octanol–water partition coefficient (Wildman–Crippen LogP) is 0.724. The van der Waals surface area contributed by atoms with Crippen LogP contribution in [-0.2, 0) is 9.84 Å². The fourth-order valence-corrected chi connectivity index (χ4v) is 1.97. The number of aliphatic hydroxyl groups is 1. The smallest absolute Gasteiger partial charge is 0.178 e. The number of hydrogen-bond acceptors (Lipinski definition) is 5. The number of aromatic nitrogens is 3. The lowest BCUT2D eigenvalue weighted by Gasteiger charge is -2.06. The van der Waals surface area contributed by atoms with E-state index in [2.05, 4.69) is 10.1 Å². The number of aliphatic hydroxyl groups excluding tert-OH is 1. The van der Waals surface area contributed by atoms with Crippen LogP contribution in [0.2, 0.25) is 0 Å². The van der Waals surface area contributed by atoms with E-state index in [1.165, 1.54) is 17.1 Å². The van der Waals surface area contributed by atoms with Crippen molar-refractivity contribution in [3.63, 3.8) is 0 Å². The van der Waals surface area contributed by atoms with E-state index < -0.39 is 15.9 Å². The van der Waals surface area contributed by atoms with Crippen LogP contribution in [0.25, 0.3) is 5.82 Å². The van der Waals surface area contributed by atoms with Gasteiger partial charge in [0.1, 0.15) is 4.90 Å². The van der Waals surface area contributed by atoms with Gasteiger partial charge in [0, 0.05) is 12.5 Å². The highest BCUT2D eigenvalue weighted by molar-refractivity contribution is 7.90. The molecular weight excluding hydrogens is 254 g/mol. The average Bonchev–Trinajstić information content (AvgIpc) is 2.78. The standard InChI is InChI=1S/C11H13N3O3S/c1-8(15)9-3-4-12-11(5-9)14-7-10(6-13-14)18(2,16)17/h3-8,15H,1-2H3/t8-/m1/s1. The van der Waals surface area contributed by atoms with Gasteiger partial charge in [0.15, 0.2) is 15.7 Å². The van der Waals surface area contributed by atoms with Gasteiger partial charge < -0.3 is 5.11 Å². The van der Waals surface area contributed by atoms with Crippen molar-refractivity contribution < 1.29 is 13.5 Å². The Bertz CT molecular complexity index is 662. The number of hydrogen-bond donors (Lipinski definition) is 1. The van der Waals surface area contributed by atoms with Gasteiger partial charge in [-0.25, -0.2) is 18.1 Å². The first-order valence-electron chi connectivity index (χ1n) is 5.27. The molecule has 18 heavy (non-hydrogen) atoms. The minimum absolute atomic E-state index is 0.131. The molecule has 7 heteroatoms. The summed E-state index contributed by atoms with van der Waals surface area (Å²) in [6.45, 7) is 1.64. The molecule has 0 unspecified atom stereocenters. The molecule has 0 aromatic carbocycles. The van der Waals surface area contributed by atoms with Crippen LogP contribution in [0.15, 0.2) is 35.6 Å². The summed E-state index contributed by atoms with van der Waals surface area (Å²) in [4.78, 5) is 4.21. The first-order valence-corrected chi connectivity index (χ1v) is 7.16. The van der Waals surface area contributed by atoms with E-state index in [9.17, 15) is 13.5 Å². The normalized spacial score (nSPS) is 13.5. The van der Waals surface area contributed by atoms with Crippen LogP contribution in [0.3, 0.4) is 0 Å². The molecule has 1 atom stereocenters. The molecule has 0 bridgehead atoms. The number of sulfone groups is 1. The SMILES string of the molecule is C[C@@H](O)c1ccnc(-n2cc(S(C)(=O)=O)cn2)c1. The quantitative estimate of drug-likeness (QED) is 0.885. The maximum absolute atomic E-state index is 11.3. The molecule has 0 saturated heterocycles. The Kier molecular flexibility index (Phi) is 3.18. The fraction of sp³-hybridized carbons (Fsp3) is 0.273. The van der Waals surface area contributed by atoms with Crippen molar-refractivity contribution in [1.29, 1.82) is 0 Å². The van der Waals surface area contributed by atoms with Crippen LogP contribution in [0, 0.1) is 0 Å². The monoisotopic (exact) mass is 267 g/mol. The molecule has 1 N–H and O–H groups in total. The second kappa shape index (κ2) is 4.51. The van der Waals surface area contributed by atoms with Crippen LogP contribution < -0.4 is 0 Å². The van der Waals surface area contributed by atoms with Crippen molar-refractivity contribution in [2.45, 2.75) is 17.9 Å². The molecule has 2 rings (SSSR count). The summed E-state index contributed by atoms with van der Waals surface area (Å²) in [6, 6.07) is 3.35. The van der Waals surface area contributed by atoms with Gasteiger partial charge in [-0.3, -0.25) is 0 Å². The zero-order valence-corrected chi connectivity index (χ0v) is 10.8. The zero-order valence-electron chi connectivity index (χ0n) is 9.98. The van der Waals surface area contributed by atoms with E-state index in [1.807, 2.05) is 0 Å². The third-order valence-electron chi connectivity index (χ3n) is 2.47. The van der Waals surface area contributed by atoms with Gasteiger partial charge in [-0.15, -0.1) is 0 Å². The van der Waals surface area contributed by atoms with Crippen molar-refractivity contribution in [2.75, 3.05) is 6.26 Å². The van der Waals surface area contributed by atoms with E-state index in [1.54, 1.807) is 25.3 Å². The van der Waals surface area contributed by atoms with Crippen molar-refractivity contribution in [2.24, 2.45) is 0 Å². The van der Waals surface area contributed by atoms with Gasteiger partial charge in [0.05, 0.1) is 18.5 Å². The minimum Gasteiger partial charge on any atom is -0.389 e. The lowest BCUT2D eigenvalue weighted by molar-refractivity contribution is 0.199. The van der Waals surface area contributed by atoms with Crippen molar-refractivity contribution in [1.82, 2.24) is 14.8 Å². The van der Waals surface area contributed by atoms with Gasteiger partial charge in [0.25, 0.3) is 0 Å². The molecule has 2 aromatic rings. The molecule has 6 nitrogen and oxygen atoms in total. The van der Waals surface area contributed by atoms with Crippen LogP contribution in [0.5, 0.6) is 0 Å². The number of rotatable bonds is 3. The Hall–Kier alpha value is -1.73. The van der Waals surface area contributed by atoms with Crippen LogP contribution >= 0.6 is 0 Å². The molecule has 0 aliphatic carbocycles. The van der Waals surface area contributed by atoms with E-state index in [-0.39, 0.29) is 4.90 Å². The van der Waals surface area contributed by atoms with E-state index in [0.29, 0.717) is 11.4 Å². The van der Waals surface area contributed by atoms with Crippen LogP contribution in [0.1, 0.15) is 18.6 Å². The molecule has 96 valence electrons. The highest BCUT2D eigenvalue weighted by atomic mass is 32.2. The maximum atomic E-state index is 11.3. The molecule has 0 amide bonds. The minimum atomic E-state index is -3.28. The maximum Gasteiger partial charge on any atom is 0.178 e. The lowest BCUT2D eigenvalue weighted by Crippen LogP contribution is -2.01. The summed E-state index contributed by atoms with van der Waals surface area (Å²) in [5.74, 6) is 0.461. The van der Waals surface area contributed by atoms with E-state index in [0.717, 1.165) is 6.26 Å². The predicted molar refractivity (Wildman–Crippen MR) is 65.1 cm³/mol. The Morgan fingerprint density at radius 1 is 1.44 bits per heavy atom. The molecule has 0 aliphatic heterocycles. The van der Waals surface area contributed by atoms with E-state index >= 15 is 0 Å². The number of nitrogens with zero attached hydrogens (tertiary/aromatic N) is 3. The summed E-state index contributed by atoms with van der Waals surface area (Å²) in [7, 11) is -3.28. The first kappa shape index (κ1) is 12.7. The highest BCUT2D eigenvalue weighted by Crippen LogP contribution is 2.15. The highest BCUT2D eigenvalue weighted by Gasteiger charge is 2.11. The Labute approximate surface area is 105 Å². The van der Waals surface area contributed by atoms with Gasteiger partial charge in [0.2, 0.25) is 0 Å². The van der Waals surface area contributed by atoms with Gasteiger partial charge in [-0.05, 0) is 24.6 Å². The topological polar surface area (TPSA) is 85.1 Å². The second-order valence-electron chi connectivity index (χ2n) is 4.02.